The van der Waals surface area contributed by atoms with Crippen molar-refractivity contribution in [3.05, 3.63) is 54.1 Å². The predicted molar refractivity (Wildman–Crippen MR) is 125 cm³/mol. The fraction of sp³-hybridized carbons (Fsp3) is 0.423. The standard InChI is InChI=1S/C26H29N3O5/c1-17(18-5-3-2-4-6-18)29-15-20(13-24(29)30)26(32)28-11-9-19(10-12-28)25(31)27-21-7-8-22-23(14-21)34-16-33-22/h2-8,14,17,19-20H,9-13,15-16H2,1H3,(H,27,31). The maximum absolute atomic E-state index is 13.1. The van der Waals surface area contributed by atoms with Gasteiger partial charge in [0.15, 0.2) is 11.5 Å². The van der Waals surface area contributed by atoms with E-state index in [1.165, 1.54) is 0 Å². The van der Waals surface area contributed by atoms with Gasteiger partial charge in [-0.3, -0.25) is 14.4 Å². The first-order valence-corrected chi connectivity index (χ1v) is 11.8. The molecule has 0 aromatic heterocycles. The van der Waals surface area contributed by atoms with Gasteiger partial charge >= 0.3 is 0 Å². The Hall–Kier alpha value is -3.55. The molecule has 3 heterocycles. The zero-order valence-corrected chi connectivity index (χ0v) is 19.2. The van der Waals surface area contributed by atoms with Gasteiger partial charge in [0, 0.05) is 43.7 Å². The molecule has 3 aliphatic rings. The number of piperidine rings is 1. The van der Waals surface area contributed by atoms with Crippen molar-refractivity contribution in [3.63, 3.8) is 0 Å². The summed E-state index contributed by atoms with van der Waals surface area (Å²) >= 11 is 0. The summed E-state index contributed by atoms with van der Waals surface area (Å²) in [6.07, 6.45) is 1.46. The van der Waals surface area contributed by atoms with Gasteiger partial charge in [0.25, 0.3) is 0 Å². The first-order valence-electron chi connectivity index (χ1n) is 11.8. The molecule has 8 nitrogen and oxygen atoms in total. The number of amides is 3. The summed E-state index contributed by atoms with van der Waals surface area (Å²) in [6.45, 7) is 3.69. The highest BCUT2D eigenvalue weighted by Gasteiger charge is 2.40. The molecule has 3 aliphatic heterocycles. The molecule has 0 radical (unpaired) electrons. The van der Waals surface area contributed by atoms with Crippen LogP contribution >= 0.6 is 0 Å². The number of benzene rings is 2. The minimum absolute atomic E-state index is 0.0192. The molecule has 3 amide bonds. The summed E-state index contributed by atoms with van der Waals surface area (Å²) in [5.74, 6) is 0.808. The maximum Gasteiger partial charge on any atom is 0.231 e. The molecule has 2 saturated heterocycles. The average Bonchev–Trinajstić information content (AvgIpc) is 3.50. The van der Waals surface area contributed by atoms with Crippen molar-refractivity contribution >= 4 is 23.4 Å². The molecule has 0 saturated carbocycles. The second-order valence-corrected chi connectivity index (χ2v) is 9.19. The van der Waals surface area contributed by atoms with E-state index < -0.39 is 0 Å². The van der Waals surface area contributed by atoms with E-state index in [-0.39, 0.29) is 48.8 Å². The van der Waals surface area contributed by atoms with Crippen LogP contribution in [0.15, 0.2) is 48.5 Å². The fourth-order valence-electron chi connectivity index (χ4n) is 5.02. The summed E-state index contributed by atoms with van der Waals surface area (Å²) in [5, 5.41) is 2.95. The molecule has 2 aromatic carbocycles. The van der Waals surface area contributed by atoms with Gasteiger partial charge in [0.05, 0.1) is 12.0 Å². The Balaban J connectivity index is 1.13. The Bertz CT molecular complexity index is 1080. The number of fused-ring (bicyclic) bond motifs is 1. The predicted octanol–water partition coefficient (Wildman–Crippen LogP) is 3.20. The second-order valence-electron chi connectivity index (χ2n) is 9.19. The van der Waals surface area contributed by atoms with Crippen LogP contribution in [0.4, 0.5) is 5.69 Å². The highest BCUT2D eigenvalue weighted by atomic mass is 16.7. The topological polar surface area (TPSA) is 88.2 Å². The Morgan fingerprint density at radius 1 is 1.00 bits per heavy atom. The highest BCUT2D eigenvalue weighted by molar-refractivity contribution is 5.93. The lowest BCUT2D eigenvalue weighted by molar-refractivity contribution is -0.138. The Labute approximate surface area is 198 Å². The summed E-state index contributed by atoms with van der Waals surface area (Å²) < 4.78 is 10.7. The van der Waals surface area contributed by atoms with Crippen LogP contribution in [0.5, 0.6) is 11.5 Å². The summed E-state index contributed by atoms with van der Waals surface area (Å²) in [7, 11) is 0. The number of nitrogens with zero attached hydrogens (tertiary/aromatic N) is 2. The molecule has 34 heavy (non-hydrogen) atoms. The van der Waals surface area contributed by atoms with Gasteiger partial charge in [0.2, 0.25) is 24.5 Å². The molecule has 0 spiro atoms. The smallest absolute Gasteiger partial charge is 0.231 e. The lowest BCUT2D eigenvalue weighted by Gasteiger charge is -2.33. The SMILES string of the molecule is CC(c1ccccc1)N1CC(C(=O)N2CCC(C(=O)Nc3ccc4c(c3)OCO4)CC2)CC1=O. The molecule has 178 valence electrons. The molecular formula is C26H29N3O5. The van der Waals surface area contributed by atoms with Crippen LogP contribution in [0.1, 0.15) is 37.8 Å². The van der Waals surface area contributed by atoms with Crippen LogP contribution in [-0.2, 0) is 14.4 Å². The van der Waals surface area contributed by atoms with E-state index in [0.717, 1.165) is 5.56 Å². The van der Waals surface area contributed by atoms with Gasteiger partial charge in [-0.25, -0.2) is 0 Å². The zero-order chi connectivity index (χ0) is 23.7. The summed E-state index contributed by atoms with van der Waals surface area (Å²) in [4.78, 5) is 42.2. The number of anilines is 1. The number of rotatable bonds is 5. The third-order valence-electron chi connectivity index (χ3n) is 7.07. The average molecular weight is 464 g/mol. The van der Waals surface area contributed by atoms with Crippen LogP contribution in [0, 0.1) is 11.8 Å². The van der Waals surface area contributed by atoms with E-state index in [9.17, 15) is 14.4 Å². The van der Waals surface area contributed by atoms with Crippen LogP contribution in [0.25, 0.3) is 0 Å². The fourth-order valence-corrected chi connectivity index (χ4v) is 5.02. The van der Waals surface area contributed by atoms with E-state index in [2.05, 4.69) is 5.32 Å². The van der Waals surface area contributed by atoms with E-state index >= 15 is 0 Å². The van der Waals surface area contributed by atoms with Crippen molar-refractivity contribution in [1.82, 2.24) is 9.80 Å². The quantitative estimate of drug-likeness (QED) is 0.736. The molecule has 5 rings (SSSR count). The third kappa shape index (κ3) is 4.44. The summed E-state index contributed by atoms with van der Waals surface area (Å²) in [5.41, 5.74) is 1.74. The van der Waals surface area contributed by atoms with Crippen LogP contribution in [0.2, 0.25) is 0 Å². The Kier molecular flexibility index (Phi) is 6.13. The van der Waals surface area contributed by atoms with E-state index in [1.54, 1.807) is 18.2 Å². The maximum atomic E-state index is 13.1. The number of ether oxygens (including phenoxy) is 2. The highest BCUT2D eigenvalue weighted by Crippen LogP contribution is 2.35. The third-order valence-corrected chi connectivity index (χ3v) is 7.07. The van der Waals surface area contributed by atoms with Crippen molar-refractivity contribution in [2.45, 2.75) is 32.2 Å². The minimum atomic E-state index is -0.322. The van der Waals surface area contributed by atoms with Crippen LogP contribution in [0.3, 0.4) is 0 Å². The van der Waals surface area contributed by atoms with Crippen molar-refractivity contribution in [2.75, 3.05) is 31.7 Å². The zero-order valence-electron chi connectivity index (χ0n) is 19.2. The van der Waals surface area contributed by atoms with E-state index in [4.69, 9.17) is 9.47 Å². The van der Waals surface area contributed by atoms with E-state index in [1.807, 2.05) is 47.1 Å². The molecule has 2 aromatic rings. The number of hydrogen-bond acceptors (Lipinski definition) is 5. The molecule has 2 unspecified atom stereocenters. The van der Waals surface area contributed by atoms with Crippen molar-refractivity contribution < 1.29 is 23.9 Å². The normalized spacial score (nSPS) is 21.0. The van der Waals surface area contributed by atoms with Gasteiger partial charge in [-0.05, 0) is 37.5 Å². The molecule has 2 atom stereocenters. The number of likely N-dealkylation sites (tertiary alicyclic amines) is 2. The molecule has 0 bridgehead atoms. The molecule has 0 aliphatic carbocycles. The first-order chi connectivity index (χ1) is 16.5. The van der Waals surface area contributed by atoms with Crippen LogP contribution < -0.4 is 14.8 Å². The summed E-state index contributed by atoms with van der Waals surface area (Å²) in [6, 6.07) is 15.2. The lowest BCUT2D eigenvalue weighted by atomic mass is 9.94. The minimum Gasteiger partial charge on any atom is -0.454 e. The molecular weight excluding hydrogens is 434 g/mol. The van der Waals surface area contributed by atoms with Crippen molar-refractivity contribution in [2.24, 2.45) is 11.8 Å². The monoisotopic (exact) mass is 463 g/mol. The van der Waals surface area contributed by atoms with Crippen molar-refractivity contribution in [3.8, 4) is 11.5 Å². The molecule has 2 fully saturated rings. The Morgan fingerprint density at radius 3 is 2.50 bits per heavy atom. The molecule has 1 N–H and O–H groups in total. The van der Waals surface area contributed by atoms with Gasteiger partial charge < -0.3 is 24.6 Å². The van der Waals surface area contributed by atoms with Gasteiger partial charge in [-0.2, -0.15) is 0 Å². The number of hydrogen-bond donors (Lipinski definition) is 1. The second kappa shape index (κ2) is 9.37. The Morgan fingerprint density at radius 2 is 1.74 bits per heavy atom. The number of carbonyl (C=O) groups excluding carboxylic acids is 3. The van der Waals surface area contributed by atoms with Gasteiger partial charge in [0.1, 0.15) is 0 Å². The van der Waals surface area contributed by atoms with Gasteiger partial charge in [-0.15, -0.1) is 0 Å². The molecule has 8 heteroatoms. The number of carbonyl (C=O) groups is 3. The first kappa shape index (κ1) is 22.3. The van der Waals surface area contributed by atoms with Gasteiger partial charge in [-0.1, -0.05) is 30.3 Å². The lowest BCUT2D eigenvalue weighted by Crippen LogP contribution is -2.44. The van der Waals surface area contributed by atoms with Crippen LogP contribution in [-0.4, -0.2) is 53.9 Å². The van der Waals surface area contributed by atoms with Crippen molar-refractivity contribution in [1.29, 1.82) is 0 Å². The van der Waals surface area contributed by atoms with E-state index in [0.29, 0.717) is 49.7 Å². The largest absolute Gasteiger partial charge is 0.454 e. The number of nitrogens with one attached hydrogen (secondary N) is 1.